The molecule has 0 aliphatic heterocycles. The van der Waals surface area contributed by atoms with Crippen molar-refractivity contribution in [2.75, 3.05) is 0 Å². The zero-order chi connectivity index (χ0) is 13.0. The first-order chi connectivity index (χ1) is 8.72. The molecule has 0 amide bonds. The van der Waals surface area contributed by atoms with Crippen LogP contribution in [-0.4, -0.2) is 6.04 Å². The number of nitrogens with one attached hydrogen (secondary N) is 1. The van der Waals surface area contributed by atoms with E-state index in [0.29, 0.717) is 6.04 Å². The van der Waals surface area contributed by atoms with E-state index in [4.69, 9.17) is 0 Å². The van der Waals surface area contributed by atoms with E-state index in [-0.39, 0.29) is 0 Å². The van der Waals surface area contributed by atoms with Crippen molar-refractivity contribution < 1.29 is 0 Å². The maximum Gasteiger partial charge on any atom is 0.0297 e. The summed E-state index contributed by atoms with van der Waals surface area (Å²) in [6.45, 7) is 6.86. The smallest absolute Gasteiger partial charge is 0.0297 e. The second-order valence-corrected chi connectivity index (χ2v) is 5.80. The van der Waals surface area contributed by atoms with Crippen LogP contribution in [-0.2, 0) is 0 Å². The molecule has 1 aliphatic carbocycles. The molecule has 3 unspecified atom stereocenters. The van der Waals surface area contributed by atoms with E-state index >= 15 is 0 Å². The van der Waals surface area contributed by atoms with E-state index in [0.717, 1.165) is 12.0 Å². The first-order valence-corrected chi connectivity index (χ1v) is 7.54. The van der Waals surface area contributed by atoms with E-state index in [2.05, 4.69) is 50.4 Å². The molecule has 100 valence electrons. The van der Waals surface area contributed by atoms with Crippen LogP contribution < -0.4 is 5.32 Å². The monoisotopic (exact) mass is 245 g/mol. The van der Waals surface area contributed by atoms with Crippen LogP contribution in [0.5, 0.6) is 0 Å². The first kappa shape index (κ1) is 13.6. The third-order valence-corrected chi connectivity index (χ3v) is 4.55. The minimum Gasteiger partial charge on any atom is -0.307 e. The Bertz CT molecular complexity index is 372. The maximum absolute atomic E-state index is 3.88. The van der Waals surface area contributed by atoms with E-state index in [1.165, 1.54) is 43.2 Å². The van der Waals surface area contributed by atoms with Gasteiger partial charge in [-0.25, -0.2) is 0 Å². The van der Waals surface area contributed by atoms with Gasteiger partial charge in [0.2, 0.25) is 0 Å². The lowest BCUT2D eigenvalue weighted by molar-refractivity contribution is 0.240. The Labute approximate surface area is 112 Å². The second-order valence-electron chi connectivity index (χ2n) is 5.80. The van der Waals surface area contributed by atoms with Crippen molar-refractivity contribution in [3.63, 3.8) is 0 Å². The van der Waals surface area contributed by atoms with Gasteiger partial charge in [0.05, 0.1) is 0 Å². The zero-order valence-electron chi connectivity index (χ0n) is 12.1. The van der Waals surface area contributed by atoms with Gasteiger partial charge in [-0.3, -0.25) is 0 Å². The normalized spacial score (nSPS) is 25.9. The highest BCUT2D eigenvalue weighted by atomic mass is 15.0. The molecule has 0 radical (unpaired) electrons. The number of hydrogen-bond acceptors (Lipinski definition) is 1. The minimum atomic E-state index is 0.475. The number of benzene rings is 1. The largest absolute Gasteiger partial charge is 0.307 e. The van der Waals surface area contributed by atoms with E-state index in [9.17, 15) is 0 Å². The summed E-state index contributed by atoms with van der Waals surface area (Å²) in [6.07, 6.45) is 6.91. The summed E-state index contributed by atoms with van der Waals surface area (Å²) in [5, 5.41) is 3.88. The Kier molecular flexibility index (Phi) is 4.82. The van der Waals surface area contributed by atoms with Gasteiger partial charge in [0.15, 0.2) is 0 Å². The summed E-state index contributed by atoms with van der Waals surface area (Å²) in [5.41, 5.74) is 2.86. The Balaban J connectivity index is 2.02. The molecule has 1 aromatic carbocycles. The lowest BCUT2D eigenvalue weighted by Crippen LogP contribution is -2.39. The molecule has 0 aromatic heterocycles. The highest BCUT2D eigenvalue weighted by Gasteiger charge is 2.25. The Hall–Kier alpha value is -0.820. The molecule has 0 bridgehead atoms. The molecule has 1 N–H and O–H groups in total. The van der Waals surface area contributed by atoms with Crippen LogP contribution in [0.1, 0.15) is 63.1 Å². The zero-order valence-corrected chi connectivity index (χ0v) is 12.1. The quantitative estimate of drug-likeness (QED) is 0.816. The summed E-state index contributed by atoms with van der Waals surface area (Å²) in [5.74, 6) is 0.880. The van der Waals surface area contributed by atoms with Crippen LogP contribution in [0.4, 0.5) is 0 Å². The van der Waals surface area contributed by atoms with Crippen molar-refractivity contribution in [3.05, 3.63) is 35.4 Å². The van der Waals surface area contributed by atoms with E-state index < -0.39 is 0 Å². The number of rotatable bonds is 4. The molecular weight excluding hydrogens is 218 g/mol. The summed E-state index contributed by atoms with van der Waals surface area (Å²) >= 11 is 0. The average molecular weight is 245 g/mol. The van der Waals surface area contributed by atoms with Gasteiger partial charge >= 0.3 is 0 Å². The molecule has 0 heterocycles. The Morgan fingerprint density at radius 1 is 1.22 bits per heavy atom. The summed E-state index contributed by atoms with van der Waals surface area (Å²) < 4.78 is 0. The molecule has 1 saturated carbocycles. The van der Waals surface area contributed by atoms with Crippen LogP contribution in [0, 0.1) is 12.8 Å². The topological polar surface area (TPSA) is 12.0 Å². The predicted octanol–water partition coefficient (Wildman–Crippen LogP) is 4.61. The third-order valence-electron chi connectivity index (χ3n) is 4.55. The van der Waals surface area contributed by atoms with Gasteiger partial charge in [0.25, 0.3) is 0 Å². The van der Waals surface area contributed by atoms with Crippen molar-refractivity contribution in [1.29, 1.82) is 0 Å². The standard InChI is InChI=1S/C17H27N/c1-4-15-10-6-8-12-17(15)18-14(3)16-11-7-5-9-13(16)2/h5,7,9,11,14-15,17-18H,4,6,8,10,12H2,1-3H3. The van der Waals surface area contributed by atoms with Gasteiger partial charge < -0.3 is 5.32 Å². The van der Waals surface area contributed by atoms with Crippen LogP contribution in [0.15, 0.2) is 24.3 Å². The van der Waals surface area contributed by atoms with Crippen LogP contribution >= 0.6 is 0 Å². The summed E-state index contributed by atoms with van der Waals surface area (Å²) in [7, 11) is 0. The van der Waals surface area contributed by atoms with Gasteiger partial charge in [-0.2, -0.15) is 0 Å². The fraction of sp³-hybridized carbons (Fsp3) is 0.647. The predicted molar refractivity (Wildman–Crippen MR) is 78.8 cm³/mol. The minimum absolute atomic E-state index is 0.475. The molecule has 3 atom stereocenters. The summed E-state index contributed by atoms with van der Waals surface area (Å²) in [6, 6.07) is 9.95. The number of hydrogen-bond donors (Lipinski definition) is 1. The van der Waals surface area contributed by atoms with Crippen molar-refractivity contribution in [3.8, 4) is 0 Å². The molecule has 18 heavy (non-hydrogen) atoms. The highest BCUT2D eigenvalue weighted by Crippen LogP contribution is 2.29. The van der Waals surface area contributed by atoms with Crippen molar-refractivity contribution in [2.24, 2.45) is 5.92 Å². The number of aryl methyl sites for hydroxylation is 1. The molecule has 1 aromatic rings. The average Bonchev–Trinajstić information content (AvgIpc) is 2.39. The van der Waals surface area contributed by atoms with Gasteiger partial charge in [0.1, 0.15) is 0 Å². The SMILES string of the molecule is CCC1CCCCC1NC(C)c1ccccc1C. The molecular formula is C17H27N. The Morgan fingerprint density at radius 2 is 1.94 bits per heavy atom. The van der Waals surface area contributed by atoms with Crippen molar-refractivity contribution in [1.82, 2.24) is 5.32 Å². The fourth-order valence-electron chi connectivity index (χ4n) is 3.40. The van der Waals surface area contributed by atoms with Crippen molar-refractivity contribution >= 4 is 0 Å². The van der Waals surface area contributed by atoms with Crippen LogP contribution in [0.25, 0.3) is 0 Å². The first-order valence-electron chi connectivity index (χ1n) is 7.54. The highest BCUT2D eigenvalue weighted by molar-refractivity contribution is 5.28. The van der Waals surface area contributed by atoms with E-state index in [1.807, 2.05) is 0 Å². The van der Waals surface area contributed by atoms with Crippen LogP contribution in [0.3, 0.4) is 0 Å². The maximum atomic E-state index is 3.88. The van der Waals surface area contributed by atoms with Crippen molar-refractivity contribution in [2.45, 2.75) is 65.0 Å². The van der Waals surface area contributed by atoms with Crippen LogP contribution in [0.2, 0.25) is 0 Å². The molecule has 1 aliphatic rings. The lowest BCUT2D eigenvalue weighted by Gasteiger charge is -2.34. The van der Waals surface area contributed by atoms with E-state index in [1.54, 1.807) is 0 Å². The van der Waals surface area contributed by atoms with Gasteiger partial charge in [-0.05, 0) is 43.7 Å². The molecule has 1 heteroatoms. The van der Waals surface area contributed by atoms with Gasteiger partial charge in [-0.15, -0.1) is 0 Å². The third kappa shape index (κ3) is 3.14. The molecule has 2 rings (SSSR count). The Morgan fingerprint density at radius 3 is 2.67 bits per heavy atom. The molecule has 0 spiro atoms. The van der Waals surface area contributed by atoms with Gasteiger partial charge in [-0.1, -0.05) is 50.5 Å². The lowest BCUT2D eigenvalue weighted by atomic mass is 9.82. The fourth-order valence-corrected chi connectivity index (χ4v) is 3.40. The second kappa shape index (κ2) is 6.38. The molecule has 1 fully saturated rings. The summed E-state index contributed by atoms with van der Waals surface area (Å²) in [4.78, 5) is 0. The molecule has 0 saturated heterocycles. The van der Waals surface area contributed by atoms with Gasteiger partial charge in [0, 0.05) is 12.1 Å². The molecule has 1 nitrogen and oxygen atoms in total.